The second-order valence-corrected chi connectivity index (χ2v) is 3.20. The summed E-state index contributed by atoms with van der Waals surface area (Å²) < 4.78 is 2.07. The molecule has 0 aliphatic heterocycles. The lowest BCUT2D eigenvalue weighted by atomic mass is 10.4. The van der Waals surface area contributed by atoms with Crippen LogP contribution in [-0.2, 0) is 0 Å². The minimum atomic E-state index is 0.770. The van der Waals surface area contributed by atoms with Crippen molar-refractivity contribution < 1.29 is 0 Å². The fourth-order valence-electron chi connectivity index (χ4n) is 1.37. The number of nitrogens with one attached hydrogen (secondary N) is 1. The largest absolute Gasteiger partial charge is 0.378 e. The Morgan fingerprint density at radius 2 is 2.15 bits per heavy atom. The van der Waals surface area contributed by atoms with Crippen LogP contribution in [0.4, 0.5) is 0 Å². The van der Waals surface area contributed by atoms with Gasteiger partial charge in [0.05, 0.1) is 5.69 Å². The smallest absolute Gasteiger partial charge is 0.123 e. The summed E-state index contributed by atoms with van der Waals surface area (Å²) in [6, 6.07) is 10.1. The van der Waals surface area contributed by atoms with Gasteiger partial charge in [-0.15, -0.1) is 0 Å². The Hall–Kier alpha value is -1.35. The van der Waals surface area contributed by atoms with Gasteiger partial charge in [0.25, 0.3) is 0 Å². The fourth-order valence-corrected chi connectivity index (χ4v) is 1.54. The topological polar surface area (TPSA) is 16.4 Å². The quantitative estimate of drug-likeness (QED) is 0.691. The molecule has 0 saturated carbocycles. The summed E-state index contributed by atoms with van der Waals surface area (Å²) in [6.07, 6.45) is 2.01. The summed E-state index contributed by atoms with van der Waals surface area (Å²) >= 11 is 5.17. The van der Waals surface area contributed by atoms with Crippen LogP contribution in [0.3, 0.4) is 0 Å². The van der Waals surface area contributed by atoms with Gasteiger partial charge >= 0.3 is 0 Å². The Bertz CT molecular complexity index is 445. The number of hydrogen-bond donors (Lipinski definition) is 1. The number of rotatable bonds is 1. The van der Waals surface area contributed by atoms with Gasteiger partial charge in [0.15, 0.2) is 0 Å². The molecule has 0 fully saturated rings. The van der Waals surface area contributed by atoms with Gasteiger partial charge in [0.1, 0.15) is 4.99 Å². The van der Waals surface area contributed by atoms with Crippen LogP contribution in [0, 0.1) is 0 Å². The minimum Gasteiger partial charge on any atom is -0.378 e. The Balaban J connectivity index is 2.64. The summed E-state index contributed by atoms with van der Waals surface area (Å²) in [5, 5.41) is 2.97. The molecule has 0 aliphatic rings. The molecule has 0 amide bonds. The van der Waals surface area contributed by atoms with Crippen LogP contribution < -0.4 is 5.32 Å². The number of thiocarbonyl (C=S) groups is 1. The third-order valence-electron chi connectivity index (χ3n) is 2.02. The molecule has 2 rings (SSSR count). The Labute approximate surface area is 82.2 Å². The third-order valence-corrected chi connectivity index (χ3v) is 2.44. The van der Waals surface area contributed by atoms with Crippen molar-refractivity contribution in [3.05, 3.63) is 42.2 Å². The van der Waals surface area contributed by atoms with Gasteiger partial charge in [-0.05, 0) is 24.3 Å². The molecule has 2 nitrogen and oxygen atoms in total. The standard InChI is InChI=1S/C10H10N2S/c1-11-10(13)9-6-5-8-4-2-3-7-12(8)9/h2-7H,1H3,(H,11,13). The average molecular weight is 190 g/mol. The first-order valence-electron chi connectivity index (χ1n) is 4.11. The van der Waals surface area contributed by atoms with Gasteiger partial charge in [-0.25, -0.2) is 0 Å². The van der Waals surface area contributed by atoms with E-state index in [1.165, 1.54) is 0 Å². The SMILES string of the molecule is CNC(=S)c1ccc2ccccn12. The van der Waals surface area contributed by atoms with E-state index in [2.05, 4.69) is 21.9 Å². The van der Waals surface area contributed by atoms with Crippen molar-refractivity contribution >= 4 is 22.7 Å². The zero-order valence-corrected chi connectivity index (χ0v) is 8.14. The van der Waals surface area contributed by atoms with Crippen LogP contribution in [-0.4, -0.2) is 16.4 Å². The van der Waals surface area contributed by atoms with Crippen molar-refractivity contribution in [2.45, 2.75) is 0 Å². The molecule has 0 aliphatic carbocycles. The molecule has 66 valence electrons. The lowest BCUT2D eigenvalue weighted by Crippen LogP contribution is -2.18. The van der Waals surface area contributed by atoms with E-state index < -0.39 is 0 Å². The van der Waals surface area contributed by atoms with Gasteiger partial charge in [-0.2, -0.15) is 0 Å². The summed E-state index contributed by atoms with van der Waals surface area (Å²) in [5.74, 6) is 0. The first-order chi connectivity index (χ1) is 6.33. The maximum Gasteiger partial charge on any atom is 0.123 e. The molecule has 13 heavy (non-hydrogen) atoms. The molecule has 3 heteroatoms. The van der Waals surface area contributed by atoms with Gasteiger partial charge in [-0.1, -0.05) is 18.3 Å². The van der Waals surface area contributed by atoms with Crippen molar-refractivity contribution in [3.63, 3.8) is 0 Å². The first-order valence-corrected chi connectivity index (χ1v) is 4.52. The molecule has 1 N–H and O–H groups in total. The maximum atomic E-state index is 5.17. The van der Waals surface area contributed by atoms with Crippen molar-refractivity contribution in [1.29, 1.82) is 0 Å². The molecular formula is C10H10N2S. The second-order valence-electron chi connectivity index (χ2n) is 2.79. The van der Waals surface area contributed by atoms with E-state index in [1.54, 1.807) is 0 Å². The number of nitrogens with zero attached hydrogens (tertiary/aromatic N) is 1. The first kappa shape index (κ1) is 8.26. The number of pyridine rings is 1. The normalized spacial score (nSPS) is 10.2. The van der Waals surface area contributed by atoms with E-state index in [1.807, 2.05) is 31.4 Å². The van der Waals surface area contributed by atoms with Crippen molar-refractivity contribution in [2.75, 3.05) is 7.05 Å². The second kappa shape index (κ2) is 3.18. The van der Waals surface area contributed by atoms with Gasteiger partial charge < -0.3 is 9.72 Å². The highest BCUT2D eigenvalue weighted by Gasteiger charge is 2.03. The van der Waals surface area contributed by atoms with Crippen LogP contribution >= 0.6 is 12.2 Å². The Kier molecular flexibility index (Phi) is 2.02. The predicted molar refractivity (Wildman–Crippen MR) is 58.2 cm³/mol. The van der Waals surface area contributed by atoms with E-state index in [0.29, 0.717) is 0 Å². The van der Waals surface area contributed by atoms with E-state index >= 15 is 0 Å². The van der Waals surface area contributed by atoms with Crippen molar-refractivity contribution in [3.8, 4) is 0 Å². The Morgan fingerprint density at radius 3 is 2.92 bits per heavy atom. The molecule has 0 spiro atoms. The molecule has 2 aromatic rings. The summed E-state index contributed by atoms with van der Waals surface area (Å²) in [6.45, 7) is 0. The molecule has 0 bridgehead atoms. The van der Waals surface area contributed by atoms with Crippen LogP contribution in [0.5, 0.6) is 0 Å². The van der Waals surface area contributed by atoms with Gasteiger partial charge in [0, 0.05) is 18.8 Å². The van der Waals surface area contributed by atoms with Crippen LogP contribution in [0.2, 0.25) is 0 Å². The summed E-state index contributed by atoms with van der Waals surface area (Å²) in [4.78, 5) is 0.770. The molecule has 0 radical (unpaired) electrons. The molecule has 0 unspecified atom stereocenters. The lowest BCUT2D eigenvalue weighted by molar-refractivity contribution is 1.13. The van der Waals surface area contributed by atoms with Gasteiger partial charge in [0.2, 0.25) is 0 Å². The minimum absolute atomic E-state index is 0.770. The summed E-state index contributed by atoms with van der Waals surface area (Å²) in [7, 11) is 1.84. The molecular weight excluding hydrogens is 180 g/mol. The van der Waals surface area contributed by atoms with Crippen molar-refractivity contribution in [2.24, 2.45) is 0 Å². The molecule has 0 atom stereocenters. The zero-order valence-electron chi connectivity index (χ0n) is 7.32. The Morgan fingerprint density at radius 1 is 1.31 bits per heavy atom. The lowest BCUT2D eigenvalue weighted by Gasteiger charge is -2.02. The highest BCUT2D eigenvalue weighted by Crippen LogP contribution is 2.09. The van der Waals surface area contributed by atoms with Gasteiger partial charge in [-0.3, -0.25) is 0 Å². The highest BCUT2D eigenvalue weighted by atomic mass is 32.1. The highest BCUT2D eigenvalue weighted by molar-refractivity contribution is 7.80. The van der Waals surface area contributed by atoms with Crippen molar-refractivity contribution in [1.82, 2.24) is 9.72 Å². The van der Waals surface area contributed by atoms with E-state index in [0.717, 1.165) is 16.2 Å². The maximum absolute atomic E-state index is 5.17. The predicted octanol–water partition coefficient (Wildman–Crippen LogP) is 1.83. The summed E-state index contributed by atoms with van der Waals surface area (Å²) in [5.41, 5.74) is 2.20. The molecule has 2 heterocycles. The zero-order chi connectivity index (χ0) is 9.26. The number of aromatic nitrogens is 1. The van der Waals surface area contributed by atoms with Crippen LogP contribution in [0.1, 0.15) is 5.69 Å². The van der Waals surface area contributed by atoms with Crippen LogP contribution in [0.25, 0.3) is 5.52 Å². The van der Waals surface area contributed by atoms with E-state index in [4.69, 9.17) is 12.2 Å². The average Bonchev–Trinajstić information content (AvgIpc) is 2.60. The fraction of sp³-hybridized carbons (Fsp3) is 0.100. The number of hydrogen-bond acceptors (Lipinski definition) is 1. The molecule has 2 aromatic heterocycles. The number of fused-ring (bicyclic) bond motifs is 1. The molecule has 0 saturated heterocycles. The monoisotopic (exact) mass is 190 g/mol. The van der Waals surface area contributed by atoms with Crippen LogP contribution in [0.15, 0.2) is 36.5 Å². The van der Waals surface area contributed by atoms with E-state index in [9.17, 15) is 0 Å². The molecule has 0 aromatic carbocycles. The third kappa shape index (κ3) is 1.31. The van der Waals surface area contributed by atoms with E-state index in [-0.39, 0.29) is 0 Å².